The Labute approximate surface area is 226 Å². The van der Waals surface area contributed by atoms with Crippen LogP contribution in [-0.4, -0.2) is 35.3 Å². The number of esters is 1. The van der Waals surface area contributed by atoms with Crippen LogP contribution in [0.1, 0.15) is 77.2 Å². The molecule has 0 aliphatic rings. The molecule has 204 valence electrons. The number of alkyl halides is 1. The van der Waals surface area contributed by atoms with Crippen molar-refractivity contribution in [3.63, 3.8) is 0 Å². The lowest BCUT2D eigenvalue weighted by atomic mass is 10.0. The van der Waals surface area contributed by atoms with Crippen molar-refractivity contribution in [1.29, 1.82) is 0 Å². The average Bonchev–Trinajstić information content (AvgIpc) is 2.95. The number of aromatic nitrogens is 2. The van der Waals surface area contributed by atoms with Gasteiger partial charge in [-0.2, -0.15) is 0 Å². The zero-order chi connectivity index (χ0) is 27.0. The van der Waals surface area contributed by atoms with Crippen molar-refractivity contribution in [2.75, 3.05) is 13.2 Å². The van der Waals surface area contributed by atoms with Crippen LogP contribution in [0.5, 0.6) is 5.75 Å². The molecule has 2 aromatic carbocycles. The number of nitrogens with zero attached hydrogens (tertiary/aromatic N) is 2. The number of ether oxygens (including phenoxy) is 2. The lowest BCUT2D eigenvalue weighted by Crippen LogP contribution is -2.12. The molecular weight excluding hydrogens is 479 g/mol. The van der Waals surface area contributed by atoms with Crippen LogP contribution in [0.15, 0.2) is 60.9 Å². The number of carbonyl (C=O) groups excluding carboxylic acids is 1. The van der Waals surface area contributed by atoms with Crippen LogP contribution in [0.3, 0.4) is 0 Å². The molecule has 0 radical (unpaired) electrons. The van der Waals surface area contributed by atoms with Gasteiger partial charge in [-0.15, -0.1) is 0 Å². The molecule has 1 aromatic heterocycles. The number of aryl methyl sites for hydroxylation is 1. The third kappa shape index (κ3) is 10.3. The molecule has 0 fully saturated rings. The number of carbonyl (C=O) groups is 1. The predicted molar refractivity (Wildman–Crippen MR) is 151 cm³/mol. The summed E-state index contributed by atoms with van der Waals surface area (Å²) >= 11 is 0. The molecule has 1 atom stereocenters. The van der Waals surface area contributed by atoms with Gasteiger partial charge in [-0.25, -0.2) is 14.4 Å². The third-order valence-corrected chi connectivity index (χ3v) is 6.56. The van der Waals surface area contributed by atoms with Crippen LogP contribution in [0, 0.1) is 0 Å². The summed E-state index contributed by atoms with van der Waals surface area (Å²) in [6.45, 7) is 4.58. The first kappa shape index (κ1) is 29.4. The quantitative estimate of drug-likeness (QED) is 0.102. The number of hydrogen-bond donors (Lipinski definition) is 0. The Hall–Kier alpha value is -3.12. The molecule has 38 heavy (non-hydrogen) atoms. The minimum Gasteiger partial charge on any atom is -0.426 e. The molecule has 1 heterocycles. The van der Waals surface area contributed by atoms with Crippen LogP contribution >= 0.6 is 0 Å². The second-order valence-electron chi connectivity index (χ2n) is 9.67. The second kappa shape index (κ2) is 16.7. The summed E-state index contributed by atoms with van der Waals surface area (Å²) in [5.74, 6) is 0.844. The zero-order valence-electron chi connectivity index (χ0n) is 22.8. The fraction of sp³-hybridized carbons (Fsp3) is 0.469. The van der Waals surface area contributed by atoms with Gasteiger partial charge in [-0.05, 0) is 48.1 Å². The average molecular weight is 521 g/mol. The maximum atomic E-state index is 13.2. The lowest BCUT2D eigenvalue weighted by molar-refractivity contribution is -0.135. The van der Waals surface area contributed by atoms with Gasteiger partial charge in [-0.1, -0.05) is 82.3 Å². The van der Waals surface area contributed by atoms with E-state index in [-0.39, 0.29) is 19.0 Å². The van der Waals surface area contributed by atoms with Crippen LogP contribution in [0.2, 0.25) is 0 Å². The highest BCUT2D eigenvalue weighted by Gasteiger charge is 2.08. The van der Waals surface area contributed by atoms with Crippen molar-refractivity contribution in [3.8, 4) is 28.3 Å². The van der Waals surface area contributed by atoms with E-state index in [0.717, 1.165) is 28.9 Å². The van der Waals surface area contributed by atoms with Crippen LogP contribution in [0.25, 0.3) is 22.5 Å². The third-order valence-electron chi connectivity index (χ3n) is 6.56. The fourth-order valence-electron chi connectivity index (χ4n) is 4.12. The van der Waals surface area contributed by atoms with Gasteiger partial charge in [0, 0.05) is 31.0 Å². The zero-order valence-corrected chi connectivity index (χ0v) is 22.8. The van der Waals surface area contributed by atoms with Gasteiger partial charge in [-0.3, -0.25) is 4.79 Å². The SMILES string of the molecule is CCCCCCCCc1cnc(-c2ccc(-c3ccc(OC(=O)CCOCCC(F)CC)cc3)cc2)nc1. The van der Waals surface area contributed by atoms with Gasteiger partial charge in [0.1, 0.15) is 11.9 Å². The van der Waals surface area contributed by atoms with Crippen LogP contribution < -0.4 is 4.74 Å². The number of hydrogen-bond acceptors (Lipinski definition) is 5. The summed E-state index contributed by atoms with van der Waals surface area (Å²) in [7, 11) is 0. The molecule has 6 heteroatoms. The number of halogens is 1. The molecule has 0 saturated carbocycles. The Bertz CT molecular complexity index is 1070. The molecule has 3 rings (SSSR count). The Kier molecular flexibility index (Phi) is 12.9. The molecule has 0 N–H and O–H groups in total. The van der Waals surface area contributed by atoms with Crippen molar-refractivity contribution >= 4 is 5.97 Å². The van der Waals surface area contributed by atoms with Crippen LogP contribution in [-0.2, 0) is 16.0 Å². The summed E-state index contributed by atoms with van der Waals surface area (Å²) in [5.41, 5.74) is 4.24. The largest absolute Gasteiger partial charge is 0.426 e. The highest BCUT2D eigenvalue weighted by atomic mass is 19.1. The Morgan fingerprint density at radius 2 is 1.42 bits per heavy atom. The van der Waals surface area contributed by atoms with E-state index in [1.165, 1.54) is 44.1 Å². The van der Waals surface area contributed by atoms with E-state index in [0.29, 0.717) is 25.2 Å². The lowest BCUT2D eigenvalue weighted by Gasteiger charge is -2.08. The van der Waals surface area contributed by atoms with Gasteiger partial charge in [0.05, 0.1) is 13.0 Å². The van der Waals surface area contributed by atoms with E-state index < -0.39 is 6.17 Å². The van der Waals surface area contributed by atoms with Gasteiger partial charge in [0.2, 0.25) is 0 Å². The fourth-order valence-corrected chi connectivity index (χ4v) is 4.12. The van der Waals surface area contributed by atoms with E-state index in [2.05, 4.69) is 16.9 Å². The van der Waals surface area contributed by atoms with Crippen molar-refractivity contribution in [2.45, 2.75) is 84.2 Å². The maximum Gasteiger partial charge on any atom is 0.313 e. The minimum absolute atomic E-state index is 0.133. The van der Waals surface area contributed by atoms with Crippen LogP contribution in [0.4, 0.5) is 4.39 Å². The number of rotatable bonds is 17. The van der Waals surface area contributed by atoms with E-state index in [1.807, 2.05) is 48.8 Å². The minimum atomic E-state index is -0.851. The topological polar surface area (TPSA) is 61.3 Å². The monoisotopic (exact) mass is 520 g/mol. The molecule has 0 aliphatic heterocycles. The molecule has 0 amide bonds. The Morgan fingerprint density at radius 3 is 2.08 bits per heavy atom. The Morgan fingerprint density at radius 1 is 0.816 bits per heavy atom. The maximum absolute atomic E-state index is 13.2. The highest BCUT2D eigenvalue weighted by Crippen LogP contribution is 2.25. The van der Waals surface area contributed by atoms with Crippen molar-refractivity contribution < 1.29 is 18.7 Å². The summed E-state index contributed by atoms with van der Waals surface area (Å²) in [5, 5.41) is 0. The summed E-state index contributed by atoms with van der Waals surface area (Å²) < 4.78 is 23.9. The van der Waals surface area contributed by atoms with E-state index in [4.69, 9.17) is 9.47 Å². The Balaban J connectivity index is 1.43. The first-order valence-corrected chi connectivity index (χ1v) is 14.0. The van der Waals surface area contributed by atoms with E-state index >= 15 is 0 Å². The molecule has 1 unspecified atom stereocenters. The highest BCUT2D eigenvalue weighted by molar-refractivity contribution is 5.73. The van der Waals surface area contributed by atoms with Gasteiger partial charge < -0.3 is 9.47 Å². The molecule has 0 bridgehead atoms. The molecular formula is C32H41FN2O3. The summed E-state index contributed by atoms with van der Waals surface area (Å²) in [4.78, 5) is 21.2. The first-order chi connectivity index (χ1) is 18.6. The normalized spacial score (nSPS) is 11.9. The standard InChI is InChI=1S/C32H41FN2O3/c1-3-5-6-7-8-9-10-25-23-34-32(35-24-25)28-13-11-26(12-14-28)27-15-17-30(18-16-27)38-31(36)20-22-37-21-19-29(33)4-2/h11-18,23-24,29H,3-10,19-22H2,1-2H3. The molecule has 5 nitrogen and oxygen atoms in total. The number of unbranched alkanes of at least 4 members (excludes halogenated alkanes) is 5. The first-order valence-electron chi connectivity index (χ1n) is 14.0. The smallest absolute Gasteiger partial charge is 0.313 e. The number of benzene rings is 2. The second-order valence-corrected chi connectivity index (χ2v) is 9.67. The van der Waals surface area contributed by atoms with Gasteiger partial charge >= 0.3 is 5.97 Å². The summed E-state index contributed by atoms with van der Waals surface area (Å²) in [6, 6.07) is 15.5. The summed E-state index contributed by atoms with van der Waals surface area (Å²) in [6.07, 6.45) is 12.7. The van der Waals surface area contributed by atoms with Crippen molar-refractivity contribution in [2.24, 2.45) is 0 Å². The molecule has 0 spiro atoms. The van der Waals surface area contributed by atoms with Gasteiger partial charge in [0.25, 0.3) is 0 Å². The predicted octanol–water partition coefficient (Wildman–Crippen LogP) is 8.16. The van der Waals surface area contributed by atoms with Gasteiger partial charge in [0.15, 0.2) is 5.82 Å². The van der Waals surface area contributed by atoms with E-state index in [1.54, 1.807) is 19.1 Å². The molecule has 0 aliphatic carbocycles. The molecule has 0 saturated heterocycles. The van der Waals surface area contributed by atoms with Crippen molar-refractivity contribution in [3.05, 3.63) is 66.5 Å². The van der Waals surface area contributed by atoms with Crippen molar-refractivity contribution in [1.82, 2.24) is 9.97 Å². The van der Waals surface area contributed by atoms with E-state index in [9.17, 15) is 9.18 Å². The molecule has 3 aromatic rings.